The van der Waals surface area contributed by atoms with Crippen molar-refractivity contribution >= 4 is 10.9 Å². The molecule has 1 aliphatic rings. The Morgan fingerprint density at radius 3 is 2.84 bits per heavy atom. The zero-order chi connectivity index (χ0) is 17.2. The quantitative estimate of drug-likeness (QED) is 0.773. The van der Waals surface area contributed by atoms with Gasteiger partial charge in [0, 0.05) is 42.1 Å². The summed E-state index contributed by atoms with van der Waals surface area (Å²) in [4.78, 5) is 6.16. The number of methoxy groups -OCH3 is 1. The van der Waals surface area contributed by atoms with Gasteiger partial charge in [0.15, 0.2) is 0 Å². The summed E-state index contributed by atoms with van der Waals surface area (Å²) in [5.41, 5.74) is 3.86. The first-order valence-corrected chi connectivity index (χ1v) is 9.08. The number of fused-ring (bicyclic) bond motifs is 1. The lowest BCUT2D eigenvalue weighted by atomic mass is 9.96. The molecule has 0 unspecified atom stereocenters. The first kappa shape index (κ1) is 16.2. The smallest absolute Gasteiger partial charge is 0.119 e. The average Bonchev–Trinajstić information content (AvgIpc) is 3.25. The summed E-state index contributed by atoms with van der Waals surface area (Å²) >= 11 is 0. The molecule has 0 saturated carbocycles. The van der Waals surface area contributed by atoms with Gasteiger partial charge in [-0.15, -0.1) is 0 Å². The molecule has 25 heavy (non-hydrogen) atoms. The summed E-state index contributed by atoms with van der Waals surface area (Å²) in [5.74, 6) is 1.66. The van der Waals surface area contributed by atoms with E-state index >= 15 is 0 Å². The molecule has 3 heterocycles. The summed E-state index contributed by atoms with van der Waals surface area (Å²) in [6.45, 7) is 6.57. The maximum atomic E-state index is 5.36. The van der Waals surface area contributed by atoms with E-state index in [9.17, 15) is 0 Å². The zero-order valence-electron chi connectivity index (χ0n) is 15.0. The number of aryl methyl sites for hydroxylation is 1. The molecular weight excluding hydrogens is 312 g/mol. The largest absolute Gasteiger partial charge is 0.497 e. The van der Waals surface area contributed by atoms with Crippen molar-refractivity contribution < 1.29 is 4.74 Å². The van der Waals surface area contributed by atoms with Crippen molar-refractivity contribution in [3.8, 4) is 5.75 Å². The van der Waals surface area contributed by atoms with E-state index in [1.54, 1.807) is 7.11 Å². The topological polar surface area (TPSA) is 46.1 Å². The second kappa shape index (κ2) is 6.92. The minimum Gasteiger partial charge on any atom is -0.497 e. The molecule has 0 aliphatic carbocycles. The third-order valence-electron chi connectivity index (χ3n) is 5.46. The first-order valence-electron chi connectivity index (χ1n) is 9.08. The Morgan fingerprint density at radius 1 is 1.28 bits per heavy atom. The second-order valence-corrected chi connectivity index (χ2v) is 7.09. The number of rotatable bonds is 5. The summed E-state index contributed by atoms with van der Waals surface area (Å²) in [5, 5.41) is 5.60. The standard InChI is InChI=1S/C20H26N4O/c1-15-18-12-17(25-2)4-5-19(18)22-20(15)14-23-10-6-16(7-11-23)13-24-9-3-8-21-24/h3-5,8-9,12,16,22H,6-7,10-11,13-14H2,1-2H3. The van der Waals surface area contributed by atoms with Crippen LogP contribution in [0.25, 0.3) is 10.9 Å². The van der Waals surface area contributed by atoms with E-state index in [2.05, 4.69) is 44.9 Å². The molecule has 5 nitrogen and oxygen atoms in total. The van der Waals surface area contributed by atoms with Crippen LogP contribution in [0.15, 0.2) is 36.7 Å². The zero-order valence-corrected chi connectivity index (χ0v) is 15.0. The van der Waals surface area contributed by atoms with Crippen LogP contribution in [0.4, 0.5) is 0 Å². The lowest BCUT2D eigenvalue weighted by Crippen LogP contribution is -2.34. The van der Waals surface area contributed by atoms with Crippen molar-refractivity contribution in [2.24, 2.45) is 5.92 Å². The summed E-state index contributed by atoms with van der Waals surface area (Å²) in [6.07, 6.45) is 6.41. The Hall–Kier alpha value is -2.27. The monoisotopic (exact) mass is 338 g/mol. The van der Waals surface area contributed by atoms with Crippen molar-refractivity contribution in [2.75, 3.05) is 20.2 Å². The highest BCUT2D eigenvalue weighted by atomic mass is 16.5. The van der Waals surface area contributed by atoms with E-state index in [-0.39, 0.29) is 0 Å². The van der Waals surface area contributed by atoms with Gasteiger partial charge in [0.1, 0.15) is 5.75 Å². The molecule has 1 aliphatic heterocycles. The number of hydrogen-bond acceptors (Lipinski definition) is 3. The Balaban J connectivity index is 1.40. The molecule has 0 bridgehead atoms. The molecule has 1 saturated heterocycles. The highest BCUT2D eigenvalue weighted by Gasteiger charge is 2.21. The van der Waals surface area contributed by atoms with Crippen molar-refractivity contribution in [1.82, 2.24) is 19.7 Å². The summed E-state index contributed by atoms with van der Waals surface area (Å²) < 4.78 is 7.42. The number of aromatic amines is 1. The van der Waals surface area contributed by atoms with Crippen LogP contribution in [0.1, 0.15) is 24.1 Å². The van der Waals surface area contributed by atoms with Gasteiger partial charge in [-0.25, -0.2) is 0 Å². The van der Waals surface area contributed by atoms with E-state index < -0.39 is 0 Å². The predicted octanol–water partition coefficient (Wildman–Crippen LogP) is 3.59. The molecule has 132 valence electrons. The van der Waals surface area contributed by atoms with Crippen LogP contribution < -0.4 is 4.74 Å². The van der Waals surface area contributed by atoms with Crippen molar-refractivity contribution in [3.05, 3.63) is 47.9 Å². The normalized spacial score (nSPS) is 16.6. The van der Waals surface area contributed by atoms with Gasteiger partial charge in [0.05, 0.1) is 7.11 Å². The Morgan fingerprint density at radius 2 is 2.12 bits per heavy atom. The van der Waals surface area contributed by atoms with E-state index in [0.717, 1.165) is 37.8 Å². The maximum absolute atomic E-state index is 5.36. The highest BCUT2D eigenvalue weighted by molar-refractivity contribution is 5.85. The minimum absolute atomic E-state index is 0.740. The average molecular weight is 338 g/mol. The van der Waals surface area contributed by atoms with Gasteiger partial charge in [-0.2, -0.15) is 5.10 Å². The lowest BCUT2D eigenvalue weighted by Gasteiger charge is -2.31. The number of nitrogens with one attached hydrogen (secondary N) is 1. The van der Waals surface area contributed by atoms with Gasteiger partial charge in [0.2, 0.25) is 0 Å². The fourth-order valence-corrected chi connectivity index (χ4v) is 3.87. The third-order valence-corrected chi connectivity index (χ3v) is 5.46. The number of nitrogens with zero attached hydrogens (tertiary/aromatic N) is 3. The SMILES string of the molecule is COc1ccc2[nH]c(CN3CCC(Cn4cccn4)CC3)c(C)c2c1. The number of aromatic nitrogens is 3. The Labute approximate surface area is 148 Å². The van der Waals surface area contributed by atoms with Crippen LogP contribution in [0.5, 0.6) is 5.75 Å². The Kier molecular flexibility index (Phi) is 4.49. The van der Waals surface area contributed by atoms with E-state index in [1.807, 2.05) is 18.3 Å². The minimum atomic E-state index is 0.740. The molecule has 2 aromatic heterocycles. The van der Waals surface area contributed by atoms with Crippen molar-refractivity contribution in [3.63, 3.8) is 0 Å². The number of ether oxygens (including phenoxy) is 1. The third kappa shape index (κ3) is 3.42. The van der Waals surface area contributed by atoms with Gasteiger partial charge in [-0.05, 0) is 68.6 Å². The molecular formula is C20H26N4O. The number of H-pyrrole nitrogens is 1. The molecule has 3 aromatic rings. The molecule has 0 radical (unpaired) electrons. The van der Waals surface area contributed by atoms with E-state index in [0.29, 0.717) is 0 Å². The number of benzene rings is 1. The first-order chi connectivity index (χ1) is 12.2. The van der Waals surface area contributed by atoms with E-state index in [4.69, 9.17) is 4.74 Å². The lowest BCUT2D eigenvalue weighted by molar-refractivity contribution is 0.163. The van der Waals surface area contributed by atoms with Crippen LogP contribution in [0.2, 0.25) is 0 Å². The molecule has 5 heteroatoms. The van der Waals surface area contributed by atoms with Crippen LogP contribution in [-0.4, -0.2) is 39.9 Å². The number of hydrogen-bond donors (Lipinski definition) is 1. The Bertz CT molecular complexity index is 829. The molecule has 1 aromatic carbocycles. The van der Waals surface area contributed by atoms with Gasteiger partial charge in [0.25, 0.3) is 0 Å². The molecule has 0 amide bonds. The van der Waals surface area contributed by atoms with Gasteiger partial charge in [-0.1, -0.05) is 0 Å². The molecule has 1 fully saturated rings. The van der Waals surface area contributed by atoms with Crippen LogP contribution >= 0.6 is 0 Å². The fourth-order valence-electron chi connectivity index (χ4n) is 3.87. The second-order valence-electron chi connectivity index (χ2n) is 7.09. The number of piperidine rings is 1. The highest BCUT2D eigenvalue weighted by Crippen LogP contribution is 2.28. The molecule has 0 spiro atoms. The van der Waals surface area contributed by atoms with Gasteiger partial charge < -0.3 is 9.72 Å². The van der Waals surface area contributed by atoms with Crippen LogP contribution in [0, 0.1) is 12.8 Å². The predicted molar refractivity (Wildman–Crippen MR) is 99.8 cm³/mol. The van der Waals surface area contributed by atoms with Crippen molar-refractivity contribution in [2.45, 2.75) is 32.9 Å². The van der Waals surface area contributed by atoms with Crippen LogP contribution in [0.3, 0.4) is 0 Å². The van der Waals surface area contributed by atoms with Crippen molar-refractivity contribution in [1.29, 1.82) is 0 Å². The summed E-state index contributed by atoms with van der Waals surface area (Å²) in [6, 6.07) is 8.26. The molecule has 1 N–H and O–H groups in total. The summed E-state index contributed by atoms with van der Waals surface area (Å²) in [7, 11) is 1.72. The fraction of sp³-hybridized carbons (Fsp3) is 0.450. The van der Waals surface area contributed by atoms with E-state index in [1.165, 1.54) is 35.0 Å². The maximum Gasteiger partial charge on any atom is 0.119 e. The number of likely N-dealkylation sites (tertiary alicyclic amines) is 1. The van der Waals surface area contributed by atoms with Gasteiger partial charge in [-0.3, -0.25) is 9.58 Å². The van der Waals surface area contributed by atoms with Crippen LogP contribution in [-0.2, 0) is 13.1 Å². The molecule has 0 atom stereocenters. The molecule has 4 rings (SSSR count). The van der Waals surface area contributed by atoms with Gasteiger partial charge >= 0.3 is 0 Å².